The Morgan fingerprint density at radius 3 is 2.77 bits per heavy atom. The van der Waals surface area contributed by atoms with Crippen LogP contribution < -0.4 is 4.72 Å². The number of likely N-dealkylation sites (tertiary alicyclic amines) is 1. The average Bonchev–Trinajstić information content (AvgIpc) is 2.81. The Balaban J connectivity index is 2.39. The van der Waals surface area contributed by atoms with E-state index in [9.17, 15) is 4.39 Å². The molecule has 0 spiro atoms. The molecule has 0 bridgehead atoms. The monoisotopic (exact) mass is 455 g/mol. The van der Waals surface area contributed by atoms with E-state index in [-0.39, 0.29) is 18.0 Å². The van der Waals surface area contributed by atoms with Crippen LogP contribution in [-0.2, 0) is 0 Å². The molecule has 22 heavy (non-hydrogen) atoms. The first-order chi connectivity index (χ1) is 10.3. The summed E-state index contributed by atoms with van der Waals surface area (Å²) in [6, 6.07) is 5.49. The van der Waals surface area contributed by atoms with Crippen molar-refractivity contribution in [2.45, 2.75) is 39.4 Å². The first kappa shape index (κ1) is 18.1. The van der Waals surface area contributed by atoms with Crippen molar-refractivity contribution in [1.29, 1.82) is 5.41 Å². The molecule has 122 valence electrons. The summed E-state index contributed by atoms with van der Waals surface area (Å²) >= 11 is 8.45. The average molecular weight is 456 g/mol. The van der Waals surface area contributed by atoms with Crippen molar-refractivity contribution in [1.82, 2.24) is 4.90 Å². The number of rotatable bonds is 3. The number of halogens is 3. The second-order valence-corrected chi connectivity index (χ2v) is 8.64. The second-order valence-electron chi connectivity index (χ2n) is 6.56. The lowest BCUT2D eigenvalue weighted by Crippen LogP contribution is -2.43. The normalized spacial score (nSPS) is 22.0. The van der Waals surface area contributed by atoms with Gasteiger partial charge in [-0.15, -0.1) is 0 Å². The van der Waals surface area contributed by atoms with Gasteiger partial charge in [-0.25, -0.2) is 4.39 Å². The molecule has 2 rings (SSSR count). The summed E-state index contributed by atoms with van der Waals surface area (Å²) in [6.45, 7) is 6.51. The van der Waals surface area contributed by atoms with Crippen LogP contribution >= 0.6 is 41.9 Å². The third-order valence-electron chi connectivity index (χ3n) is 3.94. The molecular formula is C15H20ClFIN3S. The van der Waals surface area contributed by atoms with E-state index in [0.717, 1.165) is 5.69 Å². The molecule has 0 aliphatic carbocycles. The van der Waals surface area contributed by atoms with E-state index in [1.807, 2.05) is 17.0 Å². The fourth-order valence-corrected chi connectivity index (χ4v) is 4.12. The molecule has 7 heteroatoms. The highest BCUT2D eigenvalue weighted by molar-refractivity contribution is 14.2. The van der Waals surface area contributed by atoms with Crippen LogP contribution in [0.15, 0.2) is 18.2 Å². The Morgan fingerprint density at radius 1 is 1.50 bits per heavy atom. The lowest BCUT2D eigenvalue weighted by molar-refractivity contribution is 0.207. The SMILES string of the molecule is CC(C)(C)C1CC(F)CN1C(=N)c1c(Cl)cccc1NSI. The number of nitrogens with zero attached hydrogens (tertiary/aromatic N) is 1. The Bertz CT molecular complexity index is 564. The van der Waals surface area contributed by atoms with Crippen molar-refractivity contribution in [3.8, 4) is 0 Å². The van der Waals surface area contributed by atoms with E-state index in [0.29, 0.717) is 22.8 Å². The smallest absolute Gasteiger partial charge is 0.132 e. The number of alkyl halides is 1. The lowest BCUT2D eigenvalue weighted by atomic mass is 9.85. The van der Waals surface area contributed by atoms with Gasteiger partial charge in [0.2, 0.25) is 0 Å². The maximum atomic E-state index is 14.0. The van der Waals surface area contributed by atoms with Gasteiger partial charge in [0.05, 0.1) is 22.8 Å². The maximum absolute atomic E-state index is 14.0. The van der Waals surface area contributed by atoms with E-state index in [1.165, 1.54) is 9.12 Å². The fraction of sp³-hybridized carbons (Fsp3) is 0.533. The Hall–Kier alpha value is -0.210. The molecule has 1 aliphatic heterocycles. The minimum Gasteiger partial charge on any atom is -0.350 e. The molecule has 1 saturated heterocycles. The van der Waals surface area contributed by atoms with E-state index in [4.69, 9.17) is 17.0 Å². The third kappa shape index (κ3) is 3.82. The van der Waals surface area contributed by atoms with Crippen molar-refractivity contribution < 1.29 is 4.39 Å². The summed E-state index contributed by atoms with van der Waals surface area (Å²) in [5.41, 5.74) is 1.32. The summed E-state index contributed by atoms with van der Waals surface area (Å²) in [5.74, 6) is 0.290. The summed E-state index contributed by atoms with van der Waals surface area (Å²) < 4.78 is 17.1. The highest BCUT2D eigenvalue weighted by Gasteiger charge is 2.41. The van der Waals surface area contributed by atoms with Gasteiger partial charge in [-0.3, -0.25) is 5.41 Å². The number of benzene rings is 1. The molecular weight excluding hydrogens is 436 g/mol. The van der Waals surface area contributed by atoms with Gasteiger partial charge in [0.25, 0.3) is 0 Å². The van der Waals surface area contributed by atoms with Crippen LogP contribution in [0.4, 0.5) is 10.1 Å². The van der Waals surface area contributed by atoms with Crippen molar-refractivity contribution in [3.05, 3.63) is 28.8 Å². The summed E-state index contributed by atoms with van der Waals surface area (Å²) in [5, 5.41) is 9.12. The van der Waals surface area contributed by atoms with E-state index < -0.39 is 6.17 Å². The van der Waals surface area contributed by atoms with Crippen molar-refractivity contribution in [2.24, 2.45) is 5.41 Å². The predicted octanol–water partition coefficient (Wildman–Crippen LogP) is 5.53. The van der Waals surface area contributed by atoms with Gasteiger partial charge in [0, 0.05) is 42.8 Å². The van der Waals surface area contributed by atoms with E-state index >= 15 is 0 Å². The summed E-state index contributed by atoms with van der Waals surface area (Å²) in [4.78, 5) is 1.86. The molecule has 2 N–H and O–H groups in total. The van der Waals surface area contributed by atoms with Gasteiger partial charge >= 0.3 is 0 Å². The zero-order chi connectivity index (χ0) is 16.5. The Kier molecular flexibility index (Phi) is 5.88. The topological polar surface area (TPSA) is 39.1 Å². The molecule has 1 heterocycles. The lowest BCUT2D eigenvalue weighted by Gasteiger charge is -2.36. The van der Waals surface area contributed by atoms with Gasteiger partial charge in [0.1, 0.15) is 12.0 Å². The molecule has 0 radical (unpaired) electrons. The Morgan fingerprint density at radius 2 is 2.18 bits per heavy atom. The van der Waals surface area contributed by atoms with Gasteiger partial charge in [-0.1, -0.05) is 38.4 Å². The number of amidine groups is 1. The number of hydrogen-bond donors (Lipinski definition) is 2. The number of anilines is 1. The van der Waals surface area contributed by atoms with Crippen molar-refractivity contribution in [3.63, 3.8) is 0 Å². The van der Waals surface area contributed by atoms with E-state index in [1.54, 1.807) is 6.07 Å². The molecule has 1 aromatic rings. The summed E-state index contributed by atoms with van der Waals surface area (Å²) in [6.07, 6.45) is -0.442. The number of nitrogens with one attached hydrogen (secondary N) is 2. The van der Waals surface area contributed by atoms with Crippen LogP contribution in [0.1, 0.15) is 32.8 Å². The zero-order valence-electron chi connectivity index (χ0n) is 12.8. The van der Waals surface area contributed by atoms with E-state index in [2.05, 4.69) is 46.7 Å². The van der Waals surface area contributed by atoms with Crippen molar-refractivity contribution >= 4 is 53.4 Å². The minimum absolute atomic E-state index is 0.00798. The third-order valence-corrected chi connectivity index (χ3v) is 5.21. The van der Waals surface area contributed by atoms with Crippen LogP contribution in [0.2, 0.25) is 5.02 Å². The van der Waals surface area contributed by atoms with Crippen LogP contribution in [0.3, 0.4) is 0 Å². The predicted molar refractivity (Wildman–Crippen MR) is 103 cm³/mol. The first-order valence-electron chi connectivity index (χ1n) is 7.07. The quantitative estimate of drug-likeness (QED) is 0.272. The molecule has 1 fully saturated rings. The molecule has 0 aromatic heterocycles. The molecule has 3 nitrogen and oxygen atoms in total. The van der Waals surface area contributed by atoms with Gasteiger partial charge in [0.15, 0.2) is 0 Å². The van der Waals surface area contributed by atoms with Crippen LogP contribution in [0, 0.1) is 10.8 Å². The zero-order valence-corrected chi connectivity index (χ0v) is 16.5. The highest BCUT2D eigenvalue weighted by Crippen LogP contribution is 2.37. The Labute approximate surface area is 152 Å². The molecule has 2 unspecified atom stereocenters. The highest BCUT2D eigenvalue weighted by atomic mass is 127. The molecule has 0 saturated carbocycles. The standard InChI is InChI=1S/C15H20ClFIN3S/c1-15(2,3)12-7-9(17)8-21(12)14(19)13-10(16)5-4-6-11(13)20-22-18/h4-6,9,12,19-20H,7-8H2,1-3H3. The molecule has 0 amide bonds. The first-order valence-corrected chi connectivity index (χ1v) is 10.8. The van der Waals surface area contributed by atoms with Gasteiger partial charge in [-0.05, 0) is 17.5 Å². The minimum atomic E-state index is -0.901. The molecule has 1 aliphatic rings. The molecule has 2 atom stereocenters. The second kappa shape index (κ2) is 7.13. The van der Waals surface area contributed by atoms with Gasteiger partial charge < -0.3 is 9.62 Å². The van der Waals surface area contributed by atoms with Crippen LogP contribution in [-0.4, -0.2) is 29.5 Å². The number of hydrogen-bond acceptors (Lipinski definition) is 3. The maximum Gasteiger partial charge on any atom is 0.132 e. The fourth-order valence-electron chi connectivity index (χ4n) is 2.89. The van der Waals surface area contributed by atoms with Gasteiger partial charge in [-0.2, -0.15) is 0 Å². The van der Waals surface area contributed by atoms with Crippen LogP contribution in [0.25, 0.3) is 0 Å². The van der Waals surface area contributed by atoms with Crippen LogP contribution in [0.5, 0.6) is 0 Å². The largest absolute Gasteiger partial charge is 0.350 e. The molecule has 1 aromatic carbocycles. The summed E-state index contributed by atoms with van der Waals surface area (Å²) in [7, 11) is 1.42. The van der Waals surface area contributed by atoms with Crippen molar-refractivity contribution in [2.75, 3.05) is 11.3 Å².